The number of hydrogen-bond donors (Lipinski definition) is 0. The molecule has 0 unspecified atom stereocenters. The third-order valence-corrected chi connectivity index (χ3v) is 3.80. The zero-order valence-corrected chi connectivity index (χ0v) is 13.8. The van der Waals surface area contributed by atoms with Crippen molar-refractivity contribution < 1.29 is 14.3 Å². The molecule has 0 aromatic carbocycles. The lowest BCUT2D eigenvalue weighted by atomic mass is 9.96. The molecular weight excluding hydrogens is 282 g/mol. The molecular formula is C16H23N3O3. The van der Waals surface area contributed by atoms with Crippen LogP contribution in [0.1, 0.15) is 38.1 Å². The van der Waals surface area contributed by atoms with Crippen molar-refractivity contribution in [2.75, 3.05) is 20.1 Å². The quantitative estimate of drug-likeness (QED) is 0.850. The Morgan fingerprint density at radius 1 is 1.36 bits per heavy atom. The van der Waals surface area contributed by atoms with Crippen LogP contribution in [0.25, 0.3) is 0 Å². The molecule has 1 aliphatic heterocycles. The standard InChI is InChI=1S/C16H23N3O3/c1-11(2)22-13-12(7-6-8-17-13)14(20)19-10-9-18(5)15(21)16(19,3)4/h6-8,11H,9-10H2,1-5H3. The molecule has 2 heterocycles. The van der Waals surface area contributed by atoms with Gasteiger partial charge in [-0.2, -0.15) is 0 Å². The Bertz CT molecular complexity index is 584. The van der Waals surface area contributed by atoms with Gasteiger partial charge in [0.25, 0.3) is 5.91 Å². The Balaban J connectivity index is 2.34. The van der Waals surface area contributed by atoms with Gasteiger partial charge in [0.15, 0.2) is 0 Å². The van der Waals surface area contributed by atoms with Crippen molar-refractivity contribution in [2.24, 2.45) is 0 Å². The topological polar surface area (TPSA) is 62.7 Å². The Morgan fingerprint density at radius 2 is 2.05 bits per heavy atom. The number of pyridine rings is 1. The molecule has 1 aliphatic rings. The largest absolute Gasteiger partial charge is 0.474 e. The second-order valence-corrected chi connectivity index (χ2v) is 6.27. The molecule has 6 nitrogen and oxygen atoms in total. The highest BCUT2D eigenvalue weighted by Gasteiger charge is 2.43. The molecule has 1 fully saturated rings. The van der Waals surface area contributed by atoms with E-state index in [1.54, 1.807) is 49.0 Å². The van der Waals surface area contributed by atoms with Crippen LogP contribution in [0.3, 0.4) is 0 Å². The SMILES string of the molecule is CC(C)Oc1ncccc1C(=O)N1CCN(C)C(=O)C1(C)C. The number of rotatable bonds is 3. The van der Waals surface area contributed by atoms with Gasteiger partial charge in [-0.05, 0) is 39.8 Å². The second-order valence-electron chi connectivity index (χ2n) is 6.27. The summed E-state index contributed by atoms with van der Waals surface area (Å²) in [5.41, 5.74) is -0.490. The molecule has 0 bridgehead atoms. The van der Waals surface area contributed by atoms with Crippen LogP contribution in [-0.4, -0.2) is 58.4 Å². The zero-order valence-electron chi connectivity index (χ0n) is 13.8. The molecule has 0 N–H and O–H groups in total. The molecule has 2 amide bonds. The lowest BCUT2D eigenvalue weighted by Crippen LogP contribution is -2.63. The predicted molar refractivity (Wildman–Crippen MR) is 82.8 cm³/mol. The maximum atomic E-state index is 12.9. The predicted octanol–water partition coefficient (Wildman–Crippen LogP) is 1.56. The van der Waals surface area contributed by atoms with Crippen molar-refractivity contribution in [2.45, 2.75) is 39.3 Å². The first kappa shape index (κ1) is 16.3. The van der Waals surface area contributed by atoms with Gasteiger partial charge >= 0.3 is 0 Å². The van der Waals surface area contributed by atoms with Crippen molar-refractivity contribution in [3.63, 3.8) is 0 Å². The smallest absolute Gasteiger partial charge is 0.260 e. The lowest BCUT2D eigenvalue weighted by molar-refractivity contribution is -0.144. The van der Waals surface area contributed by atoms with Crippen molar-refractivity contribution in [1.29, 1.82) is 0 Å². The number of amides is 2. The van der Waals surface area contributed by atoms with E-state index in [1.165, 1.54) is 0 Å². The third-order valence-electron chi connectivity index (χ3n) is 3.80. The Hall–Kier alpha value is -2.11. The lowest BCUT2D eigenvalue weighted by Gasteiger charge is -2.44. The van der Waals surface area contributed by atoms with Gasteiger partial charge in [-0.3, -0.25) is 9.59 Å². The van der Waals surface area contributed by atoms with E-state index in [9.17, 15) is 9.59 Å². The van der Waals surface area contributed by atoms with Crippen LogP contribution in [0.2, 0.25) is 0 Å². The molecule has 120 valence electrons. The van der Waals surface area contributed by atoms with Crippen LogP contribution in [0.4, 0.5) is 0 Å². The van der Waals surface area contributed by atoms with Gasteiger partial charge in [0, 0.05) is 26.3 Å². The van der Waals surface area contributed by atoms with E-state index in [1.807, 2.05) is 13.8 Å². The molecule has 0 atom stereocenters. The van der Waals surface area contributed by atoms with Crippen LogP contribution in [0.5, 0.6) is 5.88 Å². The minimum absolute atomic E-state index is 0.0673. The second kappa shape index (κ2) is 5.94. The van der Waals surface area contributed by atoms with Crippen LogP contribution >= 0.6 is 0 Å². The molecule has 0 saturated carbocycles. The Morgan fingerprint density at radius 3 is 2.68 bits per heavy atom. The summed E-state index contributed by atoms with van der Waals surface area (Å²) < 4.78 is 5.62. The Kier molecular flexibility index (Phi) is 4.39. The average molecular weight is 305 g/mol. The van der Waals surface area contributed by atoms with Gasteiger partial charge in [-0.25, -0.2) is 4.98 Å². The zero-order chi connectivity index (χ0) is 16.5. The van der Waals surface area contributed by atoms with Gasteiger partial charge in [-0.15, -0.1) is 0 Å². The van der Waals surface area contributed by atoms with E-state index >= 15 is 0 Å². The van der Waals surface area contributed by atoms with E-state index in [-0.39, 0.29) is 17.9 Å². The third kappa shape index (κ3) is 2.91. The fraction of sp³-hybridized carbons (Fsp3) is 0.562. The number of likely N-dealkylation sites (N-methyl/N-ethyl adjacent to an activating group) is 1. The number of ether oxygens (including phenoxy) is 1. The first-order valence-corrected chi connectivity index (χ1v) is 7.44. The number of aromatic nitrogens is 1. The van der Waals surface area contributed by atoms with E-state index < -0.39 is 5.54 Å². The summed E-state index contributed by atoms with van der Waals surface area (Å²) in [5.74, 6) is 0.0159. The molecule has 1 saturated heterocycles. The van der Waals surface area contributed by atoms with Gasteiger partial charge in [0.2, 0.25) is 11.8 Å². The summed E-state index contributed by atoms with van der Waals surface area (Å²) in [6, 6.07) is 3.39. The van der Waals surface area contributed by atoms with Gasteiger partial charge in [-0.1, -0.05) is 0 Å². The number of hydrogen-bond acceptors (Lipinski definition) is 4. The highest BCUT2D eigenvalue weighted by atomic mass is 16.5. The minimum Gasteiger partial charge on any atom is -0.474 e. The fourth-order valence-corrected chi connectivity index (χ4v) is 2.59. The summed E-state index contributed by atoms with van der Waals surface area (Å²) in [5, 5.41) is 0. The first-order chi connectivity index (χ1) is 10.2. The molecule has 6 heteroatoms. The minimum atomic E-state index is -0.880. The van der Waals surface area contributed by atoms with Crippen LogP contribution < -0.4 is 4.74 Å². The van der Waals surface area contributed by atoms with E-state index in [0.29, 0.717) is 24.5 Å². The van der Waals surface area contributed by atoms with E-state index in [2.05, 4.69) is 4.98 Å². The number of piperazine rings is 1. The van der Waals surface area contributed by atoms with Crippen LogP contribution in [0, 0.1) is 0 Å². The monoisotopic (exact) mass is 305 g/mol. The molecule has 22 heavy (non-hydrogen) atoms. The fourth-order valence-electron chi connectivity index (χ4n) is 2.59. The Labute approximate surface area is 131 Å². The molecule has 1 aromatic rings. The number of carbonyl (C=O) groups is 2. The summed E-state index contributed by atoms with van der Waals surface area (Å²) in [7, 11) is 1.75. The van der Waals surface area contributed by atoms with Gasteiger partial charge in [0.05, 0.1) is 6.10 Å². The summed E-state index contributed by atoms with van der Waals surface area (Å²) >= 11 is 0. The van der Waals surface area contributed by atoms with Crippen molar-refractivity contribution in [3.8, 4) is 5.88 Å². The molecule has 0 aliphatic carbocycles. The van der Waals surface area contributed by atoms with Crippen LogP contribution in [0.15, 0.2) is 18.3 Å². The van der Waals surface area contributed by atoms with E-state index in [0.717, 1.165) is 0 Å². The summed E-state index contributed by atoms with van der Waals surface area (Å²) in [6.07, 6.45) is 1.51. The molecule has 2 rings (SSSR count). The highest BCUT2D eigenvalue weighted by molar-refractivity contribution is 6.01. The first-order valence-electron chi connectivity index (χ1n) is 7.44. The normalized spacial score (nSPS) is 17.8. The summed E-state index contributed by atoms with van der Waals surface area (Å²) in [6.45, 7) is 8.31. The van der Waals surface area contributed by atoms with Crippen molar-refractivity contribution >= 4 is 11.8 Å². The molecule has 0 radical (unpaired) electrons. The van der Waals surface area contributed by atoms with Crippen LogP contribution in [-0.2, 0) is 4.79 Å². The van der Waals surface area contributed by atoms with Gasteiger partial charge < -0.3 is 14.5 Å². The van der Waals surface area contributed by atoms with Crippen molar-refractivity contribution in [3.05, 3.63) is 23.9 Å². The average Bonchev–Trinajstić information content (AvgIpc) is 2.44. The molecule has 1 aromatic heterocycles. The number of nitrogens with zero attached hydrogens (tertiary/aromatic N) is 3. The van der Waals surface area contributed by atoms with Gasteiger partial charge in [0.1, 0.15) is 11.1 Å². The maximum absolute atomic E-state index is 12.9. The van der Waals surface area contributed by atoms with Crippen molar-refractivity contribution in [1.82, 2.24) is 14.8 Å². The summed E-state index contributed by atoms with van der Waals surface area (Å²) in [4.78, 5) is 32.6. The number of carbonyl (C=O) groups excluding carboxylic acids is 2. The molecule has 0 spiro atoms. The van der Waals surface area contributed by atoms with E-state index in [4.69, 9.17) is 4.74 Å². The highest BCUT2D eigenvalue weighted by Crippen LogP contribution is 2.26. The maximum Gasteiger partial charge on any atom is 0.260 e.